The van der Waals surface area contributed by atoms with E-state index < -0.39 is 10.8 Å². The summed E-state index contributed by atoms with van der Waals surface area (Å²) in [6, 6.07) is 5.28. The van der Waals surface area contributed by atoms with Gasteiger partial charge in [0.05, 0.1) is 6.61 Å². The molecule has 1 unspecified atom stereocenters. The maximum Gasteiger partial charge on any atom is 0.236 e. The lowest BCUT2D eigenvalue weighted by molar-refractivity contribution is -0.113. The minimum atomic E-state index is -1.20. The molecule has 100 valence electrons. The molecule has 0 fully saturated rings. The maximum absolute atomic E-state index is 11.6. The van der Waals surface area contributed by atoms with Crippen molar-refractivity contribution in [2.24, 2.45) is 0 Å². The first kappa shape index (κ1) is 14.7. The monoisotopic (exact) mass is 270 g/mol. The SMILES string of the molecule is COCCS(=O)CC(=O)Nc1ccc(C)c(N)c1. The lowest BCUT2D eigenvalue weighted by Crippen LogP contribution is -2.22. The number of hydrogen-bond donors (Lipinski definition) is 2. The van der Waals surface area contributed by atoms with Gasteiger partial charge in [-0.15, -0.1) is 0 Å². The third-order valence-corrected chi connectivity index (χ3v) is 3.58. The third kappa shape index (κ3) is 4.85. The number of nitrogens with two attached hydrogens (primary N) is 1. The largest absolute Gasteiger partial charge is 0.398 e. The molecule has 1 aromatic carbocycles. The smallest absolute Gasteiger partial charge is 0.236 e. The molecule has 1 aromatic rings. The van der Waals surface area contributed by atoms with E-state index in [1.807, 2.05) is 13.0 Å². The normalized spacial score (nSPS) is 12.1. The second kappa shape index (κ2) is 7.13. The van der Waals surface area contributed by atoms with Crippen molar-refractivity contribution >= 4 is 28.1 Å². The molecule has 3 N–H and O–H groups in total. The van der Waals surface area contributed by atoms with Gasteiger partial charge in [0.2, 0.25) is 5.91 Å². The van der Waals surface area contributed by atoms with Gasteiger partial charge in [-0.1, -0.05) is 6.07 Å². The van der Waals surface area contributed by atoms with Crippen molar-refractivity contribution in [1.82, 2.24) is 0 Å². The number of anilines is 2. The molecule has 0 bridgehead atoms. The van der Waals surface area contributed by atoms with Crippen molar-refractivity contribution in [3.05, 3.63) is 23.8 Å². The van der Waals surface area contributed by atoms with Crippen molar-refractivity contribution in [3.8, 4) is 0 Å². The van der Waals surface area contributed by atoms with Crippen LogP contribution in [0.25, 0.3) is 0 Å². The average Bonchev–Trinajstić information content (AvgIpc) is 2.31. The van der Waals surface area contributed by atoms with Crippen LogP contribution in [0.1, 0.15) is 5.56 Å². The van der Waals surface area contributed by atoms with Gasteiger partial charge in [-0.05, 0) is 24.6 Å². The van der Waals surface area contributed by atoms with Crippen LogP contribution in [0.15, 0.2) is 18.2 Å². The molecule has 1 rings (SSSR count). The predicted octanol–water partition coefficient (Wildman–Crippen LogP) is 0.911. The minimum absolute atomic E-state index is 0.0306. The van der Waals surface area contributed by atoms with Gasteiger partial charge >= 0.3 is 0 Å². The fourth-order valence-corrected chi connectivity index (χ4v) is 2.17. The van der Waals surface area contributed by atoms with Gasteiger partial charge in [0, 0.05) is 35.0 Å². The van der Waals surface area contributed by atoms with E-state index in [-0.39, 0.29) is 11.7 Å². The van der Waals surface area contributed by atoms with Crippen LogP contribution in [0.3, 0.4) is 0 Å². The van der Waals surface area contributed by atoms with Gasteiger partial charge < -0.3 is 15.8 Å². The van der Waals surface area contributed by atoms with Crippen LogP contribution in [0.4, 0.5) is 11.4 Å². The number of amides is 1. The first-order valence-corrected chi connectivity index (χ1v) is 7.01. The van der Waals surface area contributed by atoms with E-state index in [4.69, 9.17) is 10.5 Å². The zero-order chi connectivity index (χ0) is 13.5. The lowest BCUT2D eigenvalue weighted by atomic mass is 10.2. The summed E-state index contributed by atoms with van der Waals surface area (Å²) in [6.45, 7) is 2.28. The van der Waals surface area contributed by atoms with Crippen molar-refractivity contribution < 1.29 is 13.7 Å². The zero-order valence-corrected chi connectivity index (χ0v) is 11.4. The van der Waals surface area contributed by atoms with Crippen molar-refractivity contribution in [2.45, 2.75) is 6.92 Å². The highest BCUT2D eigenvalue weighted by atomic mass is 32.2. The number of hydrogen-bond acceptors (Lipinski definition) is 4. The van der Waals surface area contributed by atoms with Crippen LogP contribution in [0.2, 0.25) is 0 Å². The van der Waals surface area contributed by atoms with Gasteiger partial charge in [0.1, 0.15) is 5.75 Å². The van der Waals surface area contributed by atoms with Gasteiger partial charge in [0.25, 0.3) is 0 Å². The van der Waals surface area contributed by atoms with Crippen molar-refractivity contribution in [3.63, 3.8) is 0 Å². The molecule has 0 heterocycles. The Kier molecular flexibility index (Phi) is 5.80. The van der Waals surface area contributed by atoms with Gasteiger partial charge in [-0.2, -0.15) is 0 Å². The molecule has 0 aliphatic carbocycles. The highest BCUT2D eigenvalue weighted by Crippen LogP contribution is 2.16. The topological polar surface area (TPSA) is 81.4 Å². The fourth-order valence-electron chi connectivity index (χ4n) is 1.31. The summed E-state index contributed by atoms with van der Waals surface area (Å²) in [4.78, 5) is 11.6. The summed E-state index contributed by atoms with van der Waals surface area (Å²) in [6.07, 6.45) is 0. The molecular formula is C12H18N2O3S. The van der Waals surface area contributed by atoms with Gasteiger partial charge in [0.15, 0.2) is 0 Å². The number of aryl methyl sites for hydroxylation is 1. The second-order valence-corrected chi connectivity index (χ2v) is 5.48. The molecule has 0 saturated heterocycles. The van der Waals surface area contributed by atoms with Gasteiger partial charge in [-0.3, -0.25) is 9.00 Å². The van der Waals surface area contributed by atoms with Crippen molar-refractivity contribution in [2.75, 3.05) is 36.3 Å². The zero-order valence-electron chi connectivity index (χ0n) is 10.6. The Labute approximate surface area is 109 Å². The Bertz CT molecular complexity index is 449. The molecule has 6 heteroatoms. The molecule has 0 aliphatic heterocycles. The molecular weight excluding hydrogens is 252 g/mol. The number of ether oxygens (including phenoxy) is 1. The predicted molar refractivity (Wildman–Crippen MR) is 74.0 cm³/mol. The Balaban J connectivity index is 2.49. The average molecular weight is 270 g/mol. The van der Waals surface area contributed by atoms with Crippen molar-refractivity contribution in [1.29, 1.82) is 0 Å². The molecule has 1 amide bonds. The first-order chi connectivity index (χ1) is 8.52. The highest BCUT2D eigenvalue weighted by Gasteiger charge is 2.08. The standard InChI is InChI=1S/C12H18N2O3S/c1-9-3-4-10(7-11(9)13)14-12(15)8-18(16)6-5-17-2/h3-4,7H,5-6,8,13H2,1-2H3,(H,14,15). The summed E-state index contributed by atoms with van der Waals surface area (Å²) < 4.78 is 16.3. The molecule has 0 radical (unpaired) electrons. The summed E-state index contributed by atoms with van der Waals surface area (Å²) in [5.41, 5.74) is 7.93. The summed E-state index contributed by atoms with van der Waals surface area (Å²) in [5.74, 6) is 0.0459. The number of carbonyl (C=O) groups is 1. The number of rotatable bonds is 6. The fraction of sp³-hybridized carbons (Fsp3) is 0.417. The summed E-state index contributed by atoms with van der Waals surface area (Å²) in [7, 11) is 0.332. The Morgan fingerprint density at radius 2 is 2.22 bits per heavy atom. The van der Waals surface area contributed by atoms with Gasteiger partial charge in [-0.25, -0.2) is 0 Å². The van der Waals surface area contributed by atoms with Crippen LogP contribution in [-0.2, 0) is 20.3 Å². The van der Waals surface area contributed by atoms with E-state index in [9.17, 15) is 9.00 Å². The number of nitrogens with one attached hydrogen (secondary N) is 1. The van der Waals surface area contributed by atoms with E-state index in [0.717, 1.165) is 5.56 Å². The Morgan fingerprint density at radius 1 is 1.50 bits per heavy atom. The maximum atomic E-state index is 11.6. The second-order valence-electron chi connectivity index (χ2n) is 3.90. The number of carbonyl (C=O) groups excluding carboxylic acids is 1. The van der Waals surface area contributed by atoms with E-state index in [1.165, 1.54) is 7.11 Å². The molecule has 18 heavy (non-hydrogen) atoms. The number of benzene rings is 1. The minimum Gasteiger partial charge on any atom is -0.398 e. The Morgan fingerprint density at radius 3 is 2.83 bits per heavy atom. The molecule has 0 spiro atoms. The number of methoxy groups -OCH3 is 1. The lowest BCUT2D eigenvalue weighted by Gasteiger charge is -2.07. The van der Waals surface area contributed by atoms with Crippen LogP contribution in [0.5, 0.6) is 0 Å². The van der Waals surface area contributed by atoms with Crippen LogP contribution >= 0.6 is 0 Å². The molecule has 1 atom stereocenters. The van der Waals surface area contributed by atoms with E-state index in [2.05, 4.69) is 5.32 Å². The Hall–Kier alpha value is -1.40. The molecule has 0 aliphatic rings. The summed E-state index contributed by atoms with van der Waals surface area (Å²) in [5, 5.41) is 2.66. The molecule has 0 aromatic heterocycles. The van der Waals surface area contributed by atoms with Crippen LogP contribution in [0, 0.1) is 6.92 Å². The van der Waals surface area contributed by atoms with E-state index >= 15 is 0 Å². The quantitative estimate of drug-likeness (QED) is 0.753. The van der Waals surface area contributed by atoms with Crippen LogP contribution < -0.4 is 11.1 Å². The summed E-state index contributed by atoms with van der Waals surface area (Å²) >= 11 is 0. The third-order valence-electron chi connectivity index (χ3n) is 2.37. The highest BCUT2D eigenvalue weighted by molar-refractivity contribution is 7.85. The van der Waals surface area contributed by atoms with E-state index in [0.29, 0.717) is 23.7 Å². The van der Waals surface area contributed by atoms with E-state index in [1.54, 1.807) is 12.1 Å². The molecule has 5 nitrogen and oxygen atoms in total. The van der Waals surface area contributed by atoms with Crippen LogP contribution in [-0.4, -0.2) is 35.3 Å². The molecule has 0 saturated carbocycles. The first-order valence-electron chi connectivity index (χ1n) is 5.53. The number of nitrogen functional groups attached to an aromatic ring is 1.